The highest BCUT2D eigenvalue weighted by atomic mass is 32.2. The molecule has 0 saturated heterocycles. The standard InChI is InChI=1S/C31H30N2O4S/c1-37-30-20-8-7-19-29(30)33(22-23-11-3-2-4-12-23)38(35,36)26-16-9-15-25(21-26)31(34)32-28-18-10-14-24-13-5-6-17-27(24)28/h2-9,11-13,15-17,19-21,28H,10,14,18,22H2,1H3,(H,32,34)/t28-/m0/s1. The monoisotopic (exact) mass is 526 g/mol. The molecule has 1 aliphatic rings. The number of para-hydroxylation sites is 2. The highest BCUT2D eigenvalue weighted by Crippen LogP contribution is 2.34. The minimum Gasteiger partial charge on any atom is -0.495 e. The third-order valence-corrected chi connectivity index (χ3v) is 8.64. The number of hydrogen-bond acceptors (Lipinski definition) is 4. The zero-order valence-electron chi connectivity index (χ0n) is 21.2. The first-order valence-electron chi connectivity index (χ1n) is 12.7. The Hall–Kier alpha value is -4.10. The lowest BCUT2D eigenvalue weighted by molar-refractivity contribution is 0.0932. The van der Waals surface area contributed by atoms with Gasteiger partial charge in [-0.3, -0.25) is 9.10 Å². The number of fused-ring (bicyclic) bond motifs is 1. The summed E-state index contributed by atoms with van der Waals surface area (Å²) in [5, 5.41) is 3.12. The second kappa shape index (κ2) is 11.1. The van der Waals surface area contributed by atoms with Crippen molar-refractivity contribution < 1.29 is 17.9 Å². The lowest BCUT2D eigenvalue weighted by atomic mass is 9.87. The molecule has 1 N–H and O–H groups in total. The van der Waals surface area contributed by atoms with Gasteiger partial charge in [-0.15, -0.1) is 0 Å². The molecule has 0 saturated carbocycles. The number of carbonyl (C=O) groups excluding carboxylic acids is 1. The van der Waals surface area contributed by atoms with E-state index >= 15 is 0 Å². The molecule has 1 atom stereocenters. The van der Waals surface area contributed by atoms with Gasteiger partial charge in [-0.05, 0) is 66.3 Å². The van der Waals surface area contributed by atoms with Gasteiger partial charge in [0.25, 0.3) is 15.9 Å². The number of hydrogen-bond donors (Lipinski definition) is 1. The van der Waals surface area contributed by atoms with Crippen molar-refractivity contribution in [1.82, 2.24) is 5.32 Å². The molecule has 38 heavy (non-hydrogen) atoms. The summed E-state index contributed by atoms with van der Waals surface area (Å²) >= 11 is 0. The van der Waals surface area contributed by atoms with Gasteiger partial charge in [0.1, 0.15) is 5.75 Å². The van der Waals surface area contributed by atoms with Crippen molar-refractivity contribution in [3.05, 3.63) is 125 Å². The fraction of sp³-hybridized carbons (Fsp3) is 0.194. The normalized spacial score (nSPS) is 14.8. The van der Waals surface area contributed by atoms with Crippen LogP contribution in [0.25, 0.3) is 0 Å². The van der Waals surface area contributed by atoms with E-state index in [1.807, 2.05) is 42.5 Å². The lowest BCUT2D eigenvalue weighted by Gasteiger charge is -2.27. The van der Waals surface area contributed by atoms with Gasteiger partial charge in [0.15, 0.2) is 0 Å². The molecule has 0 spiro atoms. The fourth-order valence-corrected chi connectivity index (χ4v) is 6.46. The molecule has 0 radical (unpaired) electrons. The molecule has 4 aromatic rings. The van der Waals surface area contributed by atoms with Crippen molar-refractivity contribution in [2.75, 3.05) is 11.4 Å². The summed E-state index contributed by atoms with van der Waals surface area (Å²) in [5.74, 6) is 0.146. The van der Waals surface area contributed by atoms with Crippen LogP contribution in [-0.2, 0) is 23.0 Å². The summed E-state index contributed by atoms with van der Waals surface area (Å²) in [5.41, 5.74) is 3.92. The zero-order valence-corrected chi connectivity index (χ0v) is 22.0. The van der Waals surface area contributed by atoms with Crippen LogP contribution in [0.5, 0.6) is 5.75 Å². The number of nitrogens with one attached hydrogen (secondary N) is 1. The first-order valence-corrected chi connectivity index (χ1v) is 14.1. The smallest absolute Gasteiger partial charge is 0.264 e. The maximum atomic E-state index is 14.1. The van der Waals surface area contributed by atoms with Crippen molar-refractivity contribution >= 4 is 21.6 Å². The predicted octanol–water partition coefficient (Wildman–Crippen LogP) is 5.90. The molecule has 0 bridgehead atoms. The predicted molar refractivity (Wildman–Crippen MR) is 149 cm³/mol. The first kappa shape index (κ1) is 25.5. The molecule has 194 valence electrons. The van der Waals surface area contributed by atoms with Gasteiger partial charge in [-0.1, -0.05) is 72.8 Å². The molecule has 0 unspecified atom stereocenters. The summed E-state index contributed by atoms with van der Waals surface area (Å²) in [6.45, 7) is 0.110. The Morgan fingerprint density at radius 2 is 1.66 bits per heavy atom. The average molecular weight is 527 g/mol. The molecular weight excluding hydrogens is 496 g/mol. The Bertz CT molecular complexity index is 1540. The number of methoxy groups -OCH3 is 1. The van der Waals surface area contributed by atoms with Crippen molar-refractivity contribution in [2.24, 2.45) is 0 Å². The molecule has 4 aromatic carbocycles. The molecular formula is C31H30N2O4S. The minimum atomic E-state index is -4.05. The summed E-state index contributed by atoms with van der Waals surface area (Å²) < 4.78 is 35.0. The largest absolute Gasteiger partial charge is 0.495 e. The third kappa shape index (κ3) is 5.29. The van der Waals surface area contributed by atoms with Crippen molar-refractivity contribution in [3.8, 4) is 5.75 Å². The van der Waals surface area contributed by atoms with E-state index in [-0.39, 0.29) is 23.4 Å². The number of ether oxygens (including phenoxy) is 1. The number of aryl methyl sites for hydroxylation is 1. The maximum absolute atomic E-state index is 14.1. The fourth-order valence-electron chi connectivity index (χ4n) is 4.96. The Morgan fingerprint density at radius 1 is 0.921 bits per heavy atom. The molecule has 6 nitrogen and oxygen atoms in total. The number of carbonyl (C=O) groups is 1. The lowest BCUT2D eigenvalue weighted by Crippen LogP contribution is -2.32. The molecule has 0 fully saturated rings. The Kier molecular flexibility index (Phi) is 7.47. The van der Waals surface area contributed by atoms with Gasteiger partial charge in [0.2, 0.25) is 0 Å². The summed E-state index contributed by atoms with van der Waals surface area (Å²) in [6.07, 6.45) is 2.83. The van der Waals surface area contributed by atoms with Crippen LogP contribution >= 0.6 is 0 Å². The minimum absolute atomic E-state index is 0.0380. The zero-order chi connectivity index (χ0) is 26.5. The van der Waals surface area contributed by atoms with Gasteiger partial charge in [-0.25, -0.2) is 8.42 Å². The molecule has 0 aliphatic heterocycles. The van der Waals surface area contributed by atoms with E-state index in [1.54, 1.807) is 36.4 Å². The van der Waals surface area contributed by atoms with Crippen LogP contribution in [0.4, 0.5) is 5.69 Å². The highest BCUT2D eigenvalue weighted by molar-refractivity contribution is 7.92. The van der Waals surface area contributed by atoms with Crippen LogP contribution in [0, 0.1) is 0 Å². The quantitative estimate of drug-likeness (QED) is 0.310. The van der Waals surface area contributed by atoms with E-state index in [1.165, 1.54) is 29.1 Å². The average Bonchev–Trinajstić information content (AvgIpc) is 2.96. The van der Waals surface area contributed by atoms with Crippen LogP contribution in [-0.4, -0.2) is 21.4 Å². The number of benzene rings is 4. The first-order chi connectivity index (χ1) is 18.5. The maximum Gasteiger partial charge on any atom is 0.264 e. The van der Waals surface area contributed by atoms with Crippen LogP contribution < -0.4 is 14.4 Å². The molecule has 0 aromatic heterocycles. The number of rotatable bonds is 8. The SMILES string of the molecule is COc1ccccc1N(Cc1ccccc1)S(=O)(=O)c1cccc(C(=O)N[C@H]2CCCc3ccccc32)c1. The van der Waals surface area contributed by atoms with Crippen molar-refractivity contribution in [3.63, 3.8) is 0 Å². The van der Waals surface area contributed by atoms with E-state index in [0.29, 0.717) is 17.0 Å². The number of nitrogens with zero attached hydrogens (tertiary/aromatic N) is 1. The summed E-state index contributed by atoms with van der Waals surface area (Å²) in [6, 6.07) is 30.7. The van der Waals surface area contributed by atoms with Gasteiger partial charge < -0.3 is 10.1 Å². The number of sulfonamides is 1. The third-order valence-electron chi connectivity index (χ3n) is 6.88. The molecule has 1 amide bonds. The Balaban J connectivity index is 1.47. The number of amides is 1. The summed E-state index contributed by atoms with van der Waals surface area (Å²) in [7, 11) is -2.53. The van der Waals surface area contributed by atoms with Crippen LogP contribution in [0.1, 0.15) is 45.9 Å². The number of anilines is 1. The van der Waals surface area contributed by atoms with Crippen molar-refractivity contribution in [1.29, 1.82) is 0 Å². The van der Waals surface area contributed by atoms with Gasteiger partial charge in [0.05, 0.1) is 30.3 Å². The van der Waals surface area contributed by atoms with E-state index in [9.17, 15) is 13.2 Å². The van der Waals surface area contributed by atoms with Gasteiger partial charge >= 0.3 is 0 Å². The Labute approximate surface area is 223 Å². The topological polar surface area (TPSA) is 75.7 Å². The summed E-state index contributed by atoms with van der Waals surface area (Å²) in [4.78, 5) is 13.3. The molecule has 7 heteroatoms. The highest BCUT2D eigenvalue weighted by Gasteiger charge is 2.29. The second-order valence-electron chi connectivity index (χ2n) is 9.31. The van der Waals surface area contributed by atoms with E-state index in [4.69, 9.17) is 4.74 Å². The van der Waals surface area contributed by atoms with Crippen LogP contribution in [0.2, 0.25) is 0 Å². The Morgan fingerprint density at radius 3 is 2.47 bits per heavy atom. The van der Waals surface area contributed by atoms with Gasteiger partial charge in [-0.2, -0.15) is 0 Å². The molecule has 0 heterocycles. The van der Waals surface area contributed by atoms with Crippen molar-refractivity contribution in [2.45, 2.75) is 36.7 Å². The van der Waals surface area contributed by atoms with Crippen LogP contribution in [0.3, 0.4) is 0 Å². The molecule has 5 rings (SSSR count). The van der Waals surface area contributed by atoms with E-state index < -0.39 is 10.0 Å². The van der Waals surface area contributed by atoms with Gasteiger partial charge in [0, 0.05) is 5.56 Å². The second-order valence-corrected chi connectivity index (χ2v) is 11.2. The molecule has 1 aliphatic carbocycles. The van der Waals surface area contributed by atoms with E-state index in [0.717, 1.165) is 30.4 Å². The van der Waals surface area contributed by atoms with Crippen LogP contribution in [0.15, 0.2) is 108 Å². The van der Waals surface area contributed by atoms with E-state index in [2.05, 4.69) is 17.4 Å².